The molecular formula is C61H47NOSi. The molecule has 306 valence electrons. The molecule has 0 N–H and O–H groups in total. The molecule has 2 nitrogen and oxygen atoms in total. The van der Waals surface area contributed by atoms with Gasteiger partial charge in [0.1, 0.15) is 5.58 Å². The SMILES string of the molecule is C[Si](C)(C)c1ccc(C2(c3ccccc3)c3ccccc3-c3ccc(N(c4ccc5c(c4)C(c4ccccc4)(c4ccccc4)c4ccccc4-5)c4ccc5occc5c4)cc32)cc1. The lowest BCUT2D eigenvalue weighted by molar-refractivity contribution is 0.616. The van der Waals surface area contributed by atoms with Crippen LogP contribution in [-0.4, -0.2) is 8.07 Å². The van der Waals surface area contributed by atoms with E-state index < -0.39 is 18.9 Å². The molecule has 0 amide bonds. The highest BCUT2D eigenvalue weighted by Crippen LogP contribution is 2.59. The molecule has 0 bridgehead atoms. The van der Waals surface area contributed by atoms with Crippen molar-refractivity contribution in [2.75, 3.05) is 4.90 Å². The molecule has 0 spiro atoms. The van der Waals surface area contributed by atoms with Crippen molar-refractivity contribution in [1.82, 2.24) is 0 Å². The summed E-state index contributed by atoms with van der Waals surface area (Å²) in [5.41, 5.74) is 18.3. The quantitative estimate of drug-likeness (QED) is 0.142. The topological polar surface area (TPSA) is 16.4 Å². The van der Waals surface area contributed by atoms with E-state index in [1.165, 1.54) is 71.9 Å². The molecule has 9 aromatic carbocycles. The molecule has 1 aromatic heterocycles. The zero-order valence-electron chi connectivity index (χ0n) is 36.3. The molecule has 0 saturated carbocycles. The largest absolute Gasteiger partial charge is 0.464 e. The maximum absolute atomic E-state index is 5.92. The molecule has 12 rings (SSSR count). The molecule has 0 aliphatic heterocycles. The molecule has 2 aliphatic rings. The van der Waals surface area contributed by atoms with Crippen LogP contribution in [0.15, 0.2) is 235 Å². The van der Waals surface area contributed by atoms with Gasteiger partial charge in [-0.2, -0.15) is 0 Å². The standard InChI is InChI=1S/C61H47NOSi/c1-64(2,3)50-32-27-46(28-33-50)61(45-21-11-6-12-22-45)56-26-16-14-24-52(56)54-35-30-49(41-58(54)61)62(47-31-36-59-42(39-47)37-38-63-59)48-29-34-53-51-23-13-15-25-55(51)60(57(53)40-48,43-17-7-4-8-18-43)44-19-9-5-10-20-44/h4-41H,1-3H3. The summed E-state index contributed by atoms with van der Waals surface area (Å²) in [6.45, 7) is 7.29. The number of furan rings is 1. The zero-order valence-corrected chi connectivity index (χ0v) is 37.3. The maximum atomic E-state index is 5.92. The van der Waals surface area contributed by atoms with Gasteiger partial charge in [0.25, 0.3) is 0 Å². The van der Waals surface area contributed by atoms with E-state index in [2.05, 4.69) is 249 Å². The summed E-state index contributed by atoms with van der Waals surface area (Å²) in [7, 11) is -1.55. The van der Waals surface area contributed by atoms with Gasteiger partial charge < -0.3 is 9.32 Å². The van der Waals surface area contributed by atoms with Crippen molar-refractivity contribution in [1.29, 1.82) is 0 Å². The number of benzene rings is 9. The number of rotatable bonds is 8. The first-order chi connectivity index (χ1) is 31.4. The normalized spacial score (nSPS) is 15.6. The predicted octanol–water partition coefficient (Wildman–Crippen LogP) is 15.2. The zero-order chi connectivity index (χ0) is 43.0. The summed E-state index contributed by atoms with van der Waals surface area (Å²) in [6, 6.07) is 84.0. The van der Waals surface area contributed by atoms with Crippen LogP contribution in [0.2, 0.25) is 19.6 Å². The third-order valence-corrected chi connectivity index (χ3v) is 16.1. The van der Waals surface area contributed by atoms with Crippen LogP contribution in [-0.2, 0) is 10.8 Å². The van der Waals surface area contributed by atoms with E-state index in [9.17, 15) is 0 Å². The highest BCUT2D eigenvalue weighted by atomic mass is 28.3. The van der Waals surface area contributed by atoms with Crippen molar-refractivity contribution in [3.63, 3.8) is 0 Å². The number of fused-ring (bicyclic) bond motifs is 7. The van der Waals surface area contributed by atoms with Gasteiger partial charge in [-0.05, 0) is 115 Å². The van der Waals surface area contributed by atoms with E-state index in [0.717, 1.165) is 28.0 Å². The van der Waals surface area contributed by atoms with Gasteiger partial charge >= 0.3 is 0 Å². The van der Waals surface area contributed by atoms with E-state index >= 15 is 0 Å². The predicted molar refractivity (Wildman–Crippen MR) is 268 cm³/mol. The minimum absolute atomic E-state index is 0.533. The third-order valence-electron chi connectivity index (χ3n) is 14.1. The maximum Gasteiger partial charge on any atom is 0.133 e. The first-order valence-corrected chi connectivity index (χ1v) is 25.9. The second-order valence-electron chi connectivity index (χ2n) is 18.5. The van der Waals surface area contributed by atoms with Crippen LogP contribution < -0.4 is 10.1 Å². The number of nitrogens with zero attached hydrogens (tertiary/aromatic N) is 1. The molecule has 3 heteroatoms. The lowest BCUT2D eigenvalue weighted by Gasteiger charge is -2.36. The smallest absolute Gasteiger partial charge is 0.133 e. The number of hydrogen-bond acceptors (Lipinski definition) is 2. The van der Waals surface area contributed by atoms with Gasteiger partial charge in [-0.3, -0.25) is 0 Å². The first-order valence-electron chi connectivity index (χ1n) is 22.4. The molecule has 0 saturated heterocycles. The van der Waals surface area contributed by atoms with Crippen LogP contribution in [0.4, 0.5) is 17.1 Å². The molecular weight excluding hydrogens is 791 g/mol. The van der Waals surface area contributed by atoms with Crippen molar-refractivity contribution in [2.24, 2.45) is 0 Å². The average Bonchev–Trinajstić information content (AvgIpc) is 4.02. The second-order valence-corrected chi connectivity index (χ2v) is 23.5. The monoisotopic (exact) mass is 837 g/mol. The Morgan fingerprint density at radius 1 is 0.359 bits per heavy atom. The molecule has 1 heterocycles. The van der Waals surface area contributed by atoms with Crippen molar-refractivity contribution in [3.05, 3.63) is 275 Å². The van der Waals surface area contributed by atoms with Crippen molar-refractivity contribution >= 4 is 41.3 Å². The highest BCUT2D eigenvalue weighted by molar-refractivity contribution is 6.88. The highest BCUT2D eigenvalue weighted by Gasteiger charge is 2.48. The summed E-state index contributed by atoms with van der Waals surface area (Å²) in [5, 5.41) is 2.52. The summed E-state index contributed by atoms with van der Waals surface area (Å²) >= 11 is 0. The van der Waals surface area contributed by atoms with E-state index in [1.807, 2.05) is 0 Å². The van der Waals surface area contributed by atoms with Crippen LogP contribution in [0.3, 0.4) is 0 Å². The Balaban J connectivity index is 1.14. The minimum Gasteiger partial charge on any atom is -0.464 e. The molecule has 10 aromatic rings. The van der Waals surface area contributed by atoms with Crippen LogP contribution in [0, 0.1) is 0 Å². The Kier molecular flexibility index (Phi) is 8.69. The molecule has 0 fully saturated rings. The van der Waals surface area contributed by atoms with E-state index in [1.54, 1.807) is 6.26 Å². The third kappa shape index (κ3) is 5.57. The summed E-state index contributed by atoms with van der Waals surface area (Å²) in [6.07, 6.45) is 1.79. The number of hydrogen-bond donors (Lipinski definition) is 0. The fraction of sp³-hybridized carbons (Fsp3) is 0.0820. The van der Waals surface area contributed by atoms with Crippen molar-refractivity contribution in [3.8, 4) is 22.3 Å². The van der Waals surface area contributed by atoms with E-state index in [-0.39, 0.29) is 0 Å². The first kappa shape index (κ1) is 38.2. The fourth-order valence-corrected chi connectivity index (χ4v) is 12.4. The van der Waals surface area contributed by atoms with Gasteiger partial charge in [-0.1, -0.05) is 201 Å². The molecule has 1 atom stereocenters. The molecule has 1 unspecified atom stereocenters. The molecule has 64 heavy (non-hydrogen) atoms. The van der Waals surface area contributed by atoms with Crippen molar-refractivity contribution < 1.29 is 4.42 Å². The summed E-state index contributed by atoms with van der Waals surface area (Å²) < 4.78 is 5.92. The van der Waals surface area contributed by atoms with Crippen LogP contribution in [0.5, 0.6) is 0 Å². The van der Waals surface area contributed by atoms with Crippen LogP contribution >= 0.6 is 0 Å². The van der Waals surface area contributed by atoms with Gasteiger partial charge in [-0.25, -0.2) is 0 Å². The minimum atomic E-state index is -1.55. The van der Waals surface area contributed by atoms with Gasteiger partial charge in [0.15, 0.2) is 0 Å². The second kappa shape index (κ2) is 14.6. The van der Waals surface area contributed by atoms with Gasteiger partial charge in [0.2, 0.25) is 0 Å². The Labute approximate surface area is 376 Å². The van der Waals surface area contributed by atoms with Crippen LogP contribution in [0.1, 0.15) is 44.5 Å². The van der Waals surface area contributed by atoms with Gasteiger partial charge in [0.05, 0.1) is 25.2 Å². The average molecular weight is 838 g/mol. The Morgan fingerprint density at radius 3 is 1.25 bits per heavy atom. The summed E-state index contributed by atoms with van der Waals surface area (Å²) in [5.74, 6) is 0. The van der Waals surface area contributed by atoms with Crippen LogP contribution in [0.25, 0.3) is 33.2 Å². The Bertz CT molecular complexity index is 3330. The molecule has 2 aliphatic carbocycles. The lowest BCUT2D eigenvalue weighted by Crippen LogP contribution is -2.38. The Morgan fingerprint density at radius 2 is 0.766 bits per heavy atom. The summed E-state index contributed by atoms with van der Waals surface area (Å²) in [4.78, 5) is 2.46. The van der Waals surface area contributed by atoms with Crippen molar-refractivity contribution in [2.45, 2.75) is 30.5 Å². The Hall–Kier alpha value is -7.46. The van der Waals surface area contributed by atoms with Gasteiger partial charge in [0, 0.05) is 22.4 Å². The fourth-order valence-electron chi connectivity index (χ4n) is 11.2. The van der Waals surface area contributed by atoms with Gasteiger partial charge in [-0.15, -0.1) is 0 Å². The van der Waals surface area contributed by atoms with E-state index in [0.29, 0.717) is 0 Å². The van der Waals surface area contributed by atoms with E-state index in [4.69, 9.17) is 4.42 Å². The molecule has 0 radical (unpaired) electrons. The number of anilines is 3. The lowest BCUT2D eigenvalue weighted by atomic mass is 9.67.